The van der Waals surface area contributed by atoms with Crippen LogP contribution in [0.25, 0.3) is 0 Å². The molecule has 0 saturated heterocycles. The van der Waals surface area contributed by atoms with Gasteiger partial charge in [0.25, 0.3) is 0 Å². The first-order valence-corrected chi connectivity index (χ1v) is 10.3. The second kappa shape index (κ2) is 12.4. The number of benzene rings is 1. The molecule has 0 aliphatic carbocycles. The first-order chi connectivity index (χ1) is 14.0. The number of esters is 1. The lowest BCUT2D eigenvalue weighted by Crippen LogP contribution is -2.37. The number of ether oxygens (including phenoxy) is 2. The molecule has 0 spiro atoms. The molecule has 0 aliphatic rings. The molecular formula is C23H34N2O4. The van der Waals surface area contributed by atoms with Crippen LogP contribution in [0.1, 0.15) is 36.6 Å². The highest BCUT2D eigenvalue weighted by atomic mass is 16.5. The van der Waals surface area contributed by atoms with E-state index < -0.39 is 6.10 Å². The molecule has 0 saturated carbocycles. The van der Waals surface area contributed by atoms with Crippen molar-refractivity contribution in [3.8, 4) is 0 Å². The van der Waals surface area contributed by atoms with Crippen molar-refractivity contribution in [1.29, 1.82) is 0 Å². The Morgan fingerprint density at radius 3 is 2.76 bits per heavy atom. The quantitative estimate of drug-likeness (QED) is 0.522. The van der Waals surface area contributed by atoms with Crippen LogP contribution in [0.2, 0.25) is 0 Å². The lowest BCUT2D eigenvalue weighted by atomic mass is 10.1. The molecule has 1 heterocycles. The van der Waals surface area contributed by atoms with Gasteiger partial charge in [-0.3, -0.25) is 9.69 Å². The Hall–Kier alpha value is -2.15. The lowest BCUT2D eigenvalue weighted by Gasteiger charge is -2.25. The fourth-order valence-corrected chi connectivity index (χ4v) is 3.22. The standard InChI is InChI=1S/C23H34N2O4/c1-4-8-23(27)29-18-22(26)17-24(13-14-28-3)16-21-11-7-12-25(21)15-20-10-6-5-9-19(20)2/h5-7,9-12,22,26H,4,8,13-18H2,1-3H3. The lowest BCUT2D eigenvalue weighted by molar-refractivity contribution is -0.147. The van der Waals surface area contributed by atoms with Crippen LogP contribution in [-0.2, 0) is 27.4 Å². The van der Waals surface area contributed by atoms with E-state index in [0.717, 1.165) is 13.0 Å². The van der Waals surface area contributed by atoms with E-state index in [0.29, 0.717) is 32.7 Å². The summed E-state index contributed by atoms with van der Waals surface area (Å²) < 4.78 is 12.6. The highest BCUT2D eigenvalue weighted by Crippen LogP contribution is 2.14. The number of methoxy groups -OCH3 is 1. The molecule has 2 rings (SSSR count). The van der Waals surface area contributed by atoms with Crippen molar-refractivity contribution in [2.45, 2.75) is 45.9 Å². The van der Waals surface area contributed by atoms with Crippen LogP contribution in [-0.4, -0.2) is 60.1 Å². The number of carbonyl (C=O) groups excluding carboxylic acids is 1. The summed E-state index contributed by atoms with van der Waals surface area (Å²) in [5, 5.41) is 10.3. The Bertz CT molecular complexity index is 744. The van der Waals surface area contributed by atoms with Crippen LogP contribution in [0.3, 0.4) is 0 Å². The van der Waals surface area contributed by atoms with Gasteiger partial charge in [-0.2, -0.15) is 0 Å². The first-order valence-electron chi connectivity index (χ1n) is 10.3. The van der Waals surface area contributed by atoms with Gasteiger partial charge in [0.1, 0.15) is 12.7 Å². The van der Waals surface area contributed by atoms with Crippen molar-refractivity contribution >= 4 is 5.97 Å². The molecular weight excluding hydrogens is 368 g/mol. The van der Waals surface area contributed by atoms with E-state index in [2.05, 4.69) is 52.9 Å². The van der Waals surface area contributed by atoms with Gasteiger partial charge in [0.2, 0.25) is 0 Å². The Morgan fingerprint density at radius 1 is 1.24 bits per heavy atom. The van der Waals surface area contributed by atoms with Crippen LogP contribution in [0.4, 0.5) is 0 Å². The predicted molar refractivity (Wildman–Crippen MR) is 114 cm³/mol. The van der Waals surface area contributed by atoms with Gasteiger partial charge < -0.3 is 19.1 Å². The van der Waals surface area contributed by atoms with Crippen LogP contribution in [0, 0.1) is 6.92 Å². The van der Waals surface area contributed by atoms with Gasteiger partial charge in [-0.1, -0.05) is 31.2 Å². The molecule has 0 radical (unpaired) electrons. The third-order valence-corrected chi connectivity index (χ3v) is 4.88. The third kappa shape index (κ3) is 8.01. The summed E-state index contributed by atoms with van der Waals surface area (Å²) in [5.74, 6) is -0.262. The van der Waals surface area contributed by atoms with Crippen LogP contribution in [0.15, 0.2) is 42.6 Å². The minimum Gasteiger partial charge on any atom is -0.463 e. The summed E-state index contributed by atoms with van der Waals surface area (Å²) in [7, 11) is 1.67. The highest BCUT2D eigenvalue weighted by molar-refractivity contribution is 5.69. The first kappa shape index (κ1) is 23.1. The van der Waals surface area contributed by atoms with Gasteiger partial charge >= 0.3 is 5.97 Å². The monoisotopic (exact) mass is 402 g/mol. The van der Waals surface area contributed by atoms with Gasteiger partial charge in [0.15, 0.2) is 0 Å². The zero-order valence-electron chi connectivity index (χ0n) is 17.8. The van der Waals surface area contributed by atoms with Crippen molar-refractivity contribution in [2.24, 2.45) is 0 Å². The molecule has 1 atom stereocenters. The van der Waals surface area contributed by atoms with Crippen molar-refractivity contribution in [2.75, 3.05) is 33.4 Å². The van der Waals surface area contributed by atoms with Gasteiger partial charge in [0, 0.05) is 51.6 Å². The second-order valence-corrected chi connectivity index (χ2v) is 7.37. The smallest absolute Gasteiger partial charge is 0.305 e. The van der Waals surface area contributed by atoms with Crippen LogP contribution < -0.4 is 0 Å². The summed E-state index contributed by atoms with van der Waals surface area (Å²) in [4.78, 5) is 13.7. The second-order valence-electron chi connectivity index (χ2n) is 7.37. The van der Waals surface area contributed by atoms with E-state index in [-0.39, 0.29) is 12.6 Å². The van der Waals surface area contributed by atoms with E-state index in [1.165, 1.54) is 16.8 Å². The largest absolute Gasteiger partial charge is 0.463 e. The Balaban J connectivity index is 1.98. The molecule has 1 aromatic carbocycles. The number of aromatic nitrogens is 1. The number of rotatable bonds is 13. The molecule has 0 amide bonds. The summed E-state index contributed by atoms with van der Waals surface area (Å²) in [6.07, 6.45) is 2.48. The number of nitrogens with zero attached hydrogens (tertiary/aromatic N) is 2. The zero-order valence-corrected chi connectivity index (χ0v) is 17.8. The maximum absolute atomic E-state index is 11.5. The molecule has 0 fully saturated rings. The molecule has 1 unspecified atom stereocenters. The van der Waals surface area contributed by atoms with E-state index in [1.807, 2.05) is 13.0 Å². The fraction of sp³-hybridized carbons (Fsp3) is 0.522. The summed E-state index contributed by atoms with van der Waals surface area (Å²) >= 11 is 0. The van der Waals surface area contributed by atoms with E-state index >= 15 is 0 Å². The van der Waals surface area contributed by atoms with Gasteiger partial charge in [-0.15, -0.1) is 0 Å². The normalized spacial score (nSPS) is 12.3. The SMILES string of the molecule is CCCC(=O)OCC(O)CN(CCOC)Cc1cccn1Cc1ccccc1C. The molecule has 6 heteroatoms. The molecule has 0 bridgehead atoms. The van der Waals surface area contributed by atoms with Crippen molar-refractivity contribution in [3.63, 3.8) is 0 Å². The molecule has 1 aromatic heterocycles. The van der Waals surface area contributed by atoms with Crippen molar-refractivity contribution < 1.29 is 19.4 Å². The maximum atomic E-state index is 11.5. The van der Waals surface area contributed by atoms with Crippen molar-refractivity contribution in [1.82, 2.24) is 9.47 Å². The third-order valence-electron chi connectivity index (χ3n) is 4.88. The number of carbonyl (C=O) groups is 1. The zero-order chi connectivity index (χ0) is 21.1. The molecule has 29 heavy (non-hydrogen) atoms. The highest BCUT2D eigenvalue weighted by Gasteiger charge is 2.16. The summed E-state index contributed by atoms with van der Waals surface area (Å²) in [5.41, 5.74) is 3.73. The summed E-state index contributed by atoms with van der Waals surface area (Å²) in [6.45, 7) is 7.24. The minimum absolute atomic E-state index is 0.0204. The van der Waals surface area contributed by atoms with E-state index in [9.17, 15) is 9.90 Å². The average Bonchev–Trinajstić information content (AvgIpc) is 3.13. The van der Waals surface area contributed by atoms with Crippen LogP contribution in [0.5, 0.6) is 0 Å². The van der Waals surface area contributed by atoms with E-state index in [1.54, 1.807) is 7.11 Å². The Labute approximate surface area is 174 Å². The molecule has 160 valence electrons. The Morgan fingerprint density at radius 2 is 2.03 bits per heavy atom. The number of hydrogen-bond acceptors (Lipinski definition) is 5. The molecule has 0 aliphatic heterocycles. The van der Waals surface area contributed by atoms with Crippen molar-refractivity contribution in [3.05, 3.63) is 59.4 Å². The fourth-order valence-electron chi connectivity index (χ4n) is 3.22. The number of aliphatic hydroxyl groups is 1. The molecule has 2 aromatic rings. The van der Waals surface area contributed by atoms with Gasteiger partial charge in [0.05, 0.1) is 6.61 Å². The van der Waals surface area contributed by atoms with Crippen LogP contribution >= 0.6 is 0 Å². The minimum atomic E-state index is -0.729. The maximum Gasteiger partial charge on any atom is 0.305 e. The van der Waals surface area contributed by atoms with E-state index in [4.69, 9.17) is 9.47 Å². The Kier molecular flexibility index (Phi) is 9.91. The molecule has 1 N–H and O–H groups in total. The number of hydrogen-bond donors (Lipinski definition) is 1. The average molecular weight is 403 g/mol. The topological polar surface area (TPSA) is 63.9 Å². The number of aliphatic hydroxyl groups excluding tert-OH is 1. The number of aryl methyl sites for hydroxylation is 1. The van der Waals surface area contributed by atoms with Gasteiger partial charge in [-0.25, -0.2) is 0 Å². The van der Waals surface area contributed by atoms with Gasteiger partial charge in [-0.05, 0) is 36.6 Å². The predicted octanol–water partition coefficient (Wildman–Crippen LogP) is 3.00. The summed E-state index contributed by atoms with van der Waals surface area (Å²) in [6, 6.07) is 12.5. The molecule has 6 nitrogen and oxygen atoms in total.